The first-order chi connectivity index (χ1) is 9.11. The van der Waals surface area contributed by atoms with E-state index in [0.29, 0.717) is 29.0 Å². The molecule has 2 atom stereocenters. The molecule has 0 bridgehead atoms. The van der Waals surface area contributed by atoms with Gasteiger partial charge in [-0.25, -0.2) is 0 Å². The van der Waals surface area contributed by atoms with E-state index in [2.05, 4.69) is 17.6 Å². The van der Waals surface area contributed by atoms with Crippen molar-refractivity contribution in [3.8, 4) is 5.75 Å². The molecule has 2 N–H and O–H groups in total. The van der Waals surface area contributed by atoms with Crippen LogP contribution in [-0.2, 0) is 4.79 Å². The first-order valence-electron chi connectivity index (χ1n) is 6.58. The summed E-state index contributed by atoms with van der Waals surface area (Å²) < 4.78 is 5.36. The summed E-state index contributed by atoms with van der Waals surface area (Å²) in [5.74, 6) is 0.984. The molecule has 4 nitrogen and oxygen atoms in total. The molecule has 5 heteroatoms. The van der Waals surface area contributed by atoms with Crippen LogP contribution in [0.3, 0.4) is 0 Å². The number of carbonyl (C=O) groups excluding carboxylic acids is 1. The number of carbonyl (C=O) groups is 1. The molecule has 1 aliphatic heterocycles. The summed E-state index contributed by atoms with van der Waals surface area (Å²) in [6.07, 6.45) is 1.03. The highest BCUT2D eigenvalue weighted by atomic mass is 35.5. The van der Waals surface area contributed by atoms with Gasteiger partial charge in [-0.15, -0.1) is 0 Å². The number of rotatable bonds is 4. The lowest BCUT2D eigenvalue weighted by Crippen LogP contribution is -2.39. The predicted octanol–water partition coefficient (Wildman–Crippen LogP) is 2.68. The van der Waals surface area contributed by atoms with Crippen LogP contribution in [0.15, 0.2) is 18.2 Å². The number of hydrogen-bond donors (Lipinski definition) is 2. The highest BCUT2D eigenvalue weighted by Crippen LogP contribution is 2.28. The molecule has 1 aromatic carbocycles. The normalized spacial score (nSPS) is 22.3. The molecule has 0 radical (unpaired) electrons. The van der Waals surface area contributed by atoms with E-state index in [1.54, 1.807) is 18.2 Å². The van der Waals surface area contributed by atoms with Gasteiger partial charge in [0.05, 0.1) is 17.7 Å². The molecule has 0 spiro atoms. The van der Waals surface area contributed by atoms with Gasteiger partial charge in [-0.2, -0.15) is 0 Å². The standard InChI is InChI=1S/C14H19ClN2O2/c1-3-19-12-5-4-10(8-11(12)15)17-14(18)13-9(2)6-7-16-13/h4-5,8-9,13,16H,3,6-7H2,1-2H3,(H,17,18). The number of hydrogen-bond acceptors (Lipinski definition) is 3. The molecular formula is C14H19ClN2O2. The van der Waals surface area contributed by atoms with Gasteiger partial charge in [0.15, 0.2) is 0 Å². The highest BCUT2D eigenvalue weighted by molar-refractivity contribution is 6.32. The number of nitrogens with one attached hydrogen (secondary N) is 2. The highest BCUT2D eigenvalue weighted by Gasteiger charge is 2.29. The van der Waals surface area contributed by atoms with E-state index in [0.717, 1.165) is 13.0 Å². The summed E-state index contributed by atoms with van der Waals surface area (Å²) in [6.45, 7) is 5.44. The Morgan fingerprint density at radius 3 is 2.95 bits per heavy atom. The second-order valence-electron chi connectivity index (χ2n) is 4.77. The Hall–Kier alpha value is -1.26. The second-order valence-corrected chi connectivity index (χ2v) is 5.17. The van der Waals surface area contributed by atoms with Crippen molar-refractivity contribution >= 4 is 23.2 Å². The van der Waals surface area contributed by atoms with Gasteiger partial charge in [0.1, 0.15) is 5.75 Å². The smallest absolute Gasteiger partial charge is 0.241 e. The first-order valence-corrected chi connectivity index (χ1v) is 6.96. The molecule has 2 unspecified atom stereocenters. The van der Waals surface area contributed by atoms with Gasteiger partial charge in [0.25, 0.3) is 0 Å². The van der Waals surface area contributed by atoms with Crippen LogP contribution in [0.25, 0.3) is 0 Å². The lowest BCUT2D eigenvalue weighted by molar-refractivity contribution is -0.118. The molecule has 19 heavy (non-hydrogen) atoms. The summed E-state index contributed by atoms with van der Waals surface area (Å²) in [7, 11) is 0. The molecule has 0 aromatic heterocycles. The van der Waals surface area contributed by atoms with E-state index in [4.69, 9.17) is 16.3 Å². The van der Waals surface area contributed by atoms with Gasteiger partial charge in [-0.1, -0.05) is 18.5 Å². The number of anilines is 1. The van der Waals surface area contributed by atoms with E-state index in [-0.39, 0.29) is 11.9 Å². The first kappa shape index (κ1) is 14.2. The van der Waals surface area contributed by atoms with E-state index < -0.39 is 0 Å². The van der Waals surface area contributed by atoms with Gasteiger partial charge in [0.2, 0.25) is 5.91 Å². The molecule has 1 heterocycles. The van der Waals surface area contributed by atoms with Gasteiger partial charge in [0, 0.05) is 5.69 Å². The van der Waals surface area contributed by atoms with E-state index in [9.17, 15) is 4.79 Å². The summed E-state index contributed by atoms with van der Waals surface area (Å²) in [6, 6.07) is 5.16. The van der Waals surface area contributed by atoms with Gasteiger partial charge >= 0.3 is 0 Å². The molecule has 1 fully saturated rings. The average Bonchev–Trinajstić information content (AvgIpc) is 2.79. The zero-order chi connectivity index (χ0) is 13.8. The van der Waals surface area contributed by atoms with Crippen LogP contribution in [0.4, 0.5) is 5.69 Å². The third kappa shape index (κ3) is 3.39. The topological polar surface area (TPSA) is 50.4 Å². The molecule has 0 aliphatic carbocycles. The van der Waals surface area contributed by atoms with Crippen LogP contribution in [-0.4, -0.2) is 25.1 Å². The maximum atomic E-state index is 12.1. The quantitative estimate of drug-likeness (QED) is 0.893. The Bertz CT molecular complexity index is 465. The van der Waals surface area contributed by atoms with Gasteiger partial charge < -0.3 is 15.4 Å². The third-order valence-corrected chi connectivity index (χ3v) is 3.61. The summed E-state index contributed by atoms with van der Waals surface area (Å²) in [5, 5.41) is 6.59. The van der Waals surface area contributed by atoms with Crippen molar-refractivity contribution < 1.29 is 9.53 Å². The zero-order valence-electron chi connectivity index (χ0n) is 11.2. The van der Waals surface area contributed by atoms with Crippen molar-refractivity contribution in [2.75, 3.05) is 18.5 Å². The molecular weight excluding hydrogens is 264 g/mol. The predicted molar refractivity (Wildman–Crippen MR) is 76.8 cm³/mol. The Kier molecular flexibility index (Phi) is 4.66. The lowest BCUT2D eigenvalue weighted by atomic mass is 10.0. The molecule has 1 saturated heterocycles. The molecule has 1 amide bonds. The summed E-state index contributed by atoms with van der Waals surface area (Å²) in [4.78, 5) is 12.1. The van der Waals surface area contributed by atoms with Crippen molar-refractivity contribution in [2.24, 2.45) is 5.92 Å². The number of halogens is 1. The summed E-state index contributed by atoms with van der Waals surface area (Å²) >= 11 is 6.09. The molecule has 1 aromatic rings. The van der Waals surface area contributed by atoms with Crippen molar-refractivity contribution in [3.63, 3.8) is 0 Å². The van der Waals surface area contributed by atoms with Crippen LogP contribution in [0.1, 0.15) is 20.3 Å². The van der Waals surface area contributed by atoms with Crippen LogP contribution in [0.5, 0.6) is 5.75 Å². The molecule has 1 aliphatic rings. The van der Waals surface area contributed by atoms with Crippen molar-refractivity contribution in [3.05, 3.63) is 23.2 Å². The minimum atomic E-state index is -0.120. The fourth-order valence-corrected chi connectivity index (χ4v) is 2.49. The Morgan fingerprint density at radius 2 is 2.37 bits per heavy atom. The number of ether oxygens (including phenoxy) is 1. The van der Waals surface area contributed by atoms with Gasteiger partial charge in [-0.3, -0.25) is 4.79 Å². The molecule has 104 valence electrons. The lowest BCUT2D eigenvalue weighted by Gasteiger charge is -2.16. The Labute approximate surface area is 118 Å². The van der Waals surface area contributed by atoms with E-state index in [1.165, 1.54) is 0 Å². The fraction of sp³-hybridized carbons (Fsp3) is 0.500. The van der Waals surface area contributed by atoms with Crippen LogP contribution >= 0.6 is 11.6 Å². The molecule has 2 rings (SSSR count). The van der Waals surface area contributed by atoms with Crippen LogP contribution < -0.4 is 15.4 Å². The minimum absolute atomic E-state index is 0.00905. The number of benzene rings is 1. The average molecular weight is 283 g/mol. The number of amides is 1. The van der Waals surface area contributed by atoms with Crippen LogP contribution in [0, 0.1) is 5.92 Å². The fourth-order valence-electron chi connectivity index (χ4n) is 2.26. The Morgan fingerprint density at radius 1 is 1.58 bits per heavy atom. The Balaban J connectivity index is 2.03. The minimum Gasteiger partial charge on any atom is -0.492 e. The van der Waals surface area contributed by atoms with Crippen molar-refractivity contribution in [1.82, 2.24) is 5.32 Å². The summed E-state index contributed by atoms with van der Waals surface area (Å²) in [5.41, 5.74) is 0.694. The van der Waals surface area contributed by atoms with Gasteiger partial charge in [-0.05, 0) is 44.0 Å². The zero-order valence-corrected chi connectivity index (χ0v) is 12.0. The van der Waals surface area contributed by atoms with Crippen molar-refractivity contribution in [2.45, 2.75) is 26.3 Å². The second kappa shape index (κ2) is 6.26. The van der Waals surface area contributed by atoms with Crippen molar-refractivity contribution in [1.29, 1.82) is 0 Å². The SMILES string of the molecule is CCOc1ccc(NC(=O)C2NCCC2C)cc1Cl. The largest absolute Gasteiger partial charge is 0.492 e. The maximum absolute atomic E-state index is 12.1. The maximum Gasteiger partial charge on any atom is 0.241 e. The van der Waals surface area contributed by atoms with E-state index >= 15 is 0 Å². The monoisotopic (exact) mass is 282 g/mol. The third-order valence-electron chi connectivity index (χ3n) is 3.31. The van der Waals surface area contributed by atoms with Crippen LogP contribution in [0.2, 0.25) is 5.02 Å². The van der Waals surface area contributed by atoms with E-state index in [1.807, 2.05) is 6.92 Å². The molecule has 0 saturated carbocycles.